The van der Waals surface area contributed by atoms with Gasteiger partial charge in [0.1, 0.15) is 0 Å². The topological polar surface area (TPSA) is 123 Å². The number of amides is 3. The van der Waals surface area contributed by atoms with Gasteiger partial charge in [0, 0.05) is 12.7 Å². The van der Waals surface area contributed by atoms with Crippen LogP contribution in [0.5, 0.6) is 5.75 Å². The molecule has 0 saturated carbocycles. The van der Waals surface area contributed by atoms with Gasteiger partial charge in [0.05, 0.1) is 19.2 Å². The lowest BCUT2D eigenvalue weighted by Crippen LogP contribution is -2.36. The van der Waals surface area contributed by atoms with Crippen LogP contribution in [0.3, 0.4) is 0 Å². The standard InChI is InChI=1S/C14H20N4O4/c1-3-4-5-16-13(20)9-6-10(22-2)12(17-8-9)14(21)18-11(19)7-15/h6,8H,3-5,7,15H2,1-2H3,(H,16,20)(H,18,19,21). The van der Waals surface area contributed by atoms with Gasteiger partial charge >= 0.3 is 0 Å². The lowest BCUT2D eigenvalue weighted by Gasteiger charge is -2.09. The molecular formula is C14H20N4O4. The molecule has 120 valence electrons. The van der Waals surface area contributed by atoms with Crippen LogP contribution in [0.25, 0.3) is 0 Å². The minimum Gasteiger partial charge on any atom is -0.494 e. The molecule has 1 heterocycles. The summed E-state index contributed by atoms with van der Waals surface area (Å²) in [6.07, 6.45) is 3.10. The molecule has 0 unspecified atom stereocenters. The second-order valence-electron chi connectivity index (χ2n) is 4.47. The molecule has 0 aliphatic heterocycles. The molecule has 8 nitrogen and oxygen atoms in total. The van der Waals surface area contributed by atoms with Crippen LogP contribution in [-0.2, 0) is 4.79 Å². The van der Waals surface area contributed by atoms with E-state index in [0.29, 0.717) is 6.54 Å². The number of ether oxygens (including phenoxy) is 1. The Balaban J connectivity index is 2.88. The first-order valence-electron chi connectivity index (χ1n) is 6.90. The Bertz CT molecular complexity index is 560. The fourth-order valence-corrected chi connectivity index (χ4v) is 1.61. The number of carbonyl (C=O) groups excluding carboxylic acids is 3. The van der Waals surface area contributed by atoms with Crippen molar-refractivity contribution in [1.82, 2.24) is 15.6 Å². The zero-order valence-corrected chi connectivity index (χ0v) is 12.6. The molecule has 0 aliphatic rings. The van der Waals surface area contributed by atoms with Crippen molar-refractivity contribution in [2.24, 2.45) is 5.73 Å². The van der Waals surface area contributed by atoms with Gasteiger partial charge in [-0.3, -0.25) is 19.7 Å². The van der Waals surface area contributed by atoms with Crippen molar-refractivity contribution in [2.75, 3.05) is 20.2 Å². The number of nitrogens with two attached hydrogens (primary N) is 1. The van der Waals surface area contributed by atoms with E-state index in [0.717, 1.165) is 12.8 Å². The highest BCUT2D eigenvalue weighted by Gasteiger charge is 2.18. The van der Waals surface area contributed by atoms with E-state index in [1.54, 1.807) is 0 Å². The van der Waals surface area contributed by atoms with E-state index < -0.39 is 11.8 Å². The normalized spacial score (nSPS) is 9.95. The molecule has 0 saturated heterocycles. The third-order valence-corrected chi connectivity index (χ3v) is 2.80. The Morgan fingerprint density at radius 2 is 2.05 bits per heavy atom. The molecule has 4 N–H and O–H groups in total. The van der Waals surface area contributed by atoms with Crippen LogP contribution in [0.4, 0.5) is 0 Å². The molecule has 1 aromatic rings. The summed E-state index contributed by atoms with van der Waals surface area (Å²) in [7, 11) is 1.34. The lowest BCUT2D eigenvalue weighted by atomic mass is 10.2. The number of pyridine rings is 1. The maximum absolute atomic E-state index is 11.9. The lowest BCUT2D eigenvalue weighted by molar-refractivity contribution is -0.118. The zero-order chi connectivity index (χ0) is 16.5. The molecule has 1 rings (SSSR count). The van der Waals surface area contributed by atoms with Crippen LogP contribution in [0.1, 0.15) is 40.6 Å². The summed E-state index contributed by atoms with van der Waals surface area (Å²) in [5, 5.41) is 4.80. The predicted octanol–water partition coefficient (Wildman–Crippen LogP) is -0.165. The third-order valence-electron chi connectivity index (χ3n) is 2.80. The van der Waals surface area contributed by atoms with Crippen molar-refractivity contribution in [2.45, 2.75) is 19.8 Å². The summed E-state index contributed by atoms with van der Waals surface area (Å²) in [5.74, 6) is -1.56. The first kappa shape index (κ1) is 17.6. The highest BCUT2D eigenvalue weighted by molar-refractivity contribution is 6.06. The molecule has 0 fully saturated rings. The van der Waals surface area contributed by atoms with Gasteiger partial charge in [-0.1, -0.05) is 13.3 Å². The van der Waals surface area contributed by atoms with Crippen LogP contribution >= 0.6 is 0 Å². The van der Waals surface area contributed by atoms with Crippen LogP contribution < -0.4 is 21.1 Å². The average Bonchev–Trinajstić information content (AvgIpc) is 2.53. The number of nitrogens with zero attached hydrogens (tertiary/aromatic N) is 1. The number of imide groups is 1. The number of hydrogen-bond acceptors (Lipinski definition) is 6. The van der Waals surface area contributed by atoms with Gasteiger partial charge in [-0.15, -0.1) is 0 Å². The van der Waals surface area contributed by atoms with Crippen molar-refractivity contribution in [3.63, 3.8) is 0 Å². The van der Waals surface area contributed by atoms with E-state index in [2.05, 4.69) is 15.6 Å². The Kier molecular flexibility index (Phi) is 6.97. The van der Waals surface area contributed by atoms with E-state index in [4.69, 9.17) is 10.5 Å². The largest absolute Gasteiger partial charge is 0.494 e. The summed E-state index contributed by atoms with van der Waals surface area (Å²) >= 11 is 0. The quantitative estimate of drug-likeness (QED) is 0.601. The van der Waals surface area contributed by atoms with Gasteiger partial charge in [0.15, 0.2) is 11.4 Å². The van der Waals surface area contributed by atoms with Crippen LogP contribution in [0, 0.1) is 0 Å². The molecule has 0 aromatic carbocycles. The van der Waals surface area contributed by atoms with Crippen LogP contribution in [-0.4, -0.2) is 42.9 Å². The highest BCUT2D eigenvalue weighted by Crippen LogP contribution is 2.17. The van der Waals surface area contributed by atoms with Crippen LogP contribution in [0.15, 0.2) is 12.3 Å². The first-order valence-corrected chi connectivity index (χ1v) is 6.90. The Morgan fingerprint density at radius 3 is 2.64 bits per heavy atom. The summed E-state index contributed by atoms with van der Waals surface area (Å²) in [6, 6.07) is 1.40. The third kappa shape index (κ3) is 4.81. The van der Waals surface area contributed by atoms with Crippen molar-refractivity contribution in [3.8, 4) is 5.75 Å². The van der Waals surface area contributed by atoms with E-state index in [-0.39, 0.29) is 29.5 Å². The first-order chi connectivity index (χ1) is 10.5. The van der Waals surface area contributed by atoms with Gasteiger partial charge in [0.2, 0.25) is 5.91 Å². The minimum absolute atomic E-state index is 0.0885. The van der Waals surface area contributed by atoms with Gasteiger partial charge < -0.3 is 15.8 Å². The SMILES string of the molecule is CCCCNC(=O)c1cnc(C(=O)NC(=O)CN)c(OC)c1. The van der Waals surface area contributed by atoms with Gasteiger partial charge in [0.25, 0.3) is 11.8 Å². The Morgan fingerprint density at radius 1 is 1.32 bits per heavy atom. The number of aromatic nitrogens is 1. The summed E-state index contributed by atoms with van der Waals surface area (Å²) in [5.41, 5.74) is 5.31. The van der Waals surface area contributed by atoms with Gasteiger partial charge in [-0.05, 0) is 12.5 Å². The molecular weight excluding hydrogens is 288 g/mol. The highest BCUT2D eigenvalue weighted by atomic mass is 16.5. The molecule has 22 heavy (non-hydrogen) atoms. The van der Waals surface area contributed by atoms with E-state index in [1.165, 1.54) is 19.4 Å². The molecule has 8 heteroatoms. The summed E-state index contributed by atoms with van der Waals surface area (Å²) < 4.78 is 5.05. The summed E-state index contributed by atoms with van der Waals surface area (Å²) in [4.78, 5) is 38.8. The zero-order valence-electron chi connectivity index (χ0n) is 12.6. The minimum atomic E-state index is -0.731. The molecule has 0 spiro atoms. The maximum atomic E-state index is 11.9. The number of hydrogen-bond donors (Lipinski definition) is 3. The summed E-state index contributed by atoms with van der Waals surface area (Å²) in [6.45, 7) is 2.27. The number of rotatable bonds is 7. The van der Waals surface area contributed by atoms with Crippen LogP contribution in [0.2, 0.25) is 0 Å². The molecule has 1 aromatic heterocycles. The Hall–Kier alpha value is -2.48. The second-order valence-corrected chi connectivity index (χ2v) is 4.47. The number of carbonyl (C=O) groups is 3. The molecule has 3 amide bonds. The number of methoxy groups -OCH3 is 1. The van der Waals surface area contributed by atoms with E-state index in [1.807, 2.05) is 6.92 Å². The van der Waals surface area contributed by atoms with Crippen molar-refractivity contribution >= 4 is 17.7 Å². The van der Waals surface area contributed by atoms with Gasteiger partial charge in [-0.25, -0.2) is 4.98 Å². The number of unbranched alkanes of at least 4 members (excludes halogenated alkanes) is 1. The molecule has 0 radical (unpaired) electrons. The number of nitrogens with one attached hydrogen (secondary N) is 2. The van der Waals surface area contributed by atoms with Crippen molar-refractivity contribution in [1.29, 1.82) is 0 Å². The average molecular weight is 308 g/mol. The molecule has 0 aliphatic carbocycles. The van der Waals surface area contributed by atoms with Crippen molar-refractivity contribution in [3.05, 3.63) is 23.5 Å². The molecule has 0 bridgehead atoms. The predicted molar refractivity (Wildman–Crippen MR) is 79.6 cm³/mol. The fraction of sp³-hybridized carbons (Fsp3) is 0.429. The van der Waals surface area contributed by atoms with E-state index >= 15 is 0 Å². The smallest absolute Gasteiger partial charge is 0.280 e. The fourth-order valence-electron chi connectivity index (χ4n) is 1.61. The van der Waals surface area contributed by atoms with Crippen molar-refractivity contribution < 1.29 is 19.1 Å². The maximum Gasteiger partial charge on any atom is 0.280 e. The second kappa shape index (κ2) is 8.73. The Labute approximate surface area is 128 Å². The monoisotopic (exact) mass is 308 g/mol. The molecule has 0 atom stereocenters. The van der Waals surface area contributed by atoms with E-state index in [9.17, 15) is 14.4 Å². The van der Waals surface area contributed by atoms with Gasteiger partial charge in [-0.2, -0.15) is 0 Å².